The van der Waals surface area contributed by atoms with Crippen molar-refractivity contribution in [3.63, 3.8) is 0 Å². The second-order valence-corrected chi connectivity index (χ2v) is 3.92. The Labute approximate surface area is 111 Å². The van der Waals surface area contributed by atoms with E-state index in [0.29, 0.717) is 0 Å². The zero-order valence-electron chi connectivity index (χ0n) is 10.3. The number of benzene rings is 1. The van der Waals surface area contributed by atoms with Crippen LogP contribution in [0.5, 0.6) is 0 Å². The Morgan fingerprint density at radius 1 is 1.40 bits per heavy atom. The van der Waals surface area contributed by atoms with Gasteiger partial charge in [-0.2, -0.15) is 5.21 Å². The molecule has 20 heavy (non-hydrogen) atoms. The lowest BCUT2D eigenvalue weighted by atomic mass is 10.1. The van der Waals surface area contributed by atoms with Crippen molar-refractivity contribution >= 4 is 11.6 Å². The highest BCUT2D eigenvalue weighted by Crippen LogP contribution is 2.20. The molecule has 10 heteroatoms. The number of amides is 1. The molecule has 0 bridgehead atoms. The average Bonchev–Trinajstić information content (AvgIpc) is 2.92. The number of aromatic nitrogens is 4. The number of aromatic amines is 1. The van der Waals surface area contributed by atoms with Gasteiger partial charge in [-0.15, -0.1) is 10.2 Å². The number of H-pyrrole nitrogens is 1. The van der Waals surface area contributed by atoms with Gasteiger partial charge in [0.05, 0.1) is 6.04 Å². The van der Waals surface area contributed by atoms with Crippen LogP contribution in [-0.2, 0) is 0 Å². The first-order chi connectivity index (χ1) is 9.52. The van der Waals surface area contributed by atoms with E-state index >= 15 is 0 Å². The summed E-state index contributed by atoms with van der Waals surface area (Å²) in [6, 6.07) is 1.17. The molecule has 0 saturated carbocycles. The third kappa shape index (κ3) is 2.69. The van der Waals surface area contributed by atoms with Crippen LogP contribution in [0.1, 0.15) is 29.1 Å². The third-order valence-electron chi connectivity index (χ3n) is 2.55. The number of hydrazine groups is 1. The topological polar surface area (TPSA) is 122 Å². The van der Waals surface area contributed by atoms with E-state index in [9.17, 15) is 13.6 Å². The number of rotatable bonds is 4. The highest BCUT2D eigenvalue weighted by Gasteiger charge is 2.18. The molecule has 1 unspecified atom stereocenters. The lowest BCUT2D eigenvalue weighted by molar-refractivity contribution is 0.0937. The number of hydrogen-bond acceptors (Lipinski definition) is 6. The van der Waals surface area contributed by atoms with Crippen LogP contribution in [0, 0.1) is 11.6 Å². The molecule has 106 valence electrons. The summed E-state index contributed by atoms with van der Waals surface area (Å²) >= 11 is 0. The third-order valence-corrected chi connectivity index (χ3v) is 2.55. The van der Waals surface area contributed by atoms with Gasteiger partial charge in [0.2, 0.25) is 0 Å². The fraction of sp³-hybridized carbons (Fsp3) is 0.200. The summed E-state index contributed by atoms with van der Waals surface area (Å²) in [5, 5.41) is 15.4. The van der Waals surface area contributed by atoms with E-state index in [2.05, 4.69) is 25.9 Å². The zero-order valence-corrected chi connectivity index (χ0v) is 10.3. The van der Waals surface area contributed by atoms with Crippen LogP contribution in [0.4, 0.5) is 14.5 Å². The van der Waals surface area contributed by atoms with Gasteiger partial charge in [0.25, 0.3) is 5.91 Å². The van der Waals surface area contributed by atoms with Crippen LogP contribution in [0.25, 0.3) is 0 Å². The molecule has 8 nitrogen and oxygen atoms in total. The maximum atomic E-state index is 13.5. The molecule has 0 aliphatic heterocycles. The summed E-state index contributed by atoms with van der Waals surface area (Å²) < 4.78 is 27.0. The Hall–Kier alpha value is -2.62. The van der Waals surface area contributed by atoms with Gasteiger partial charge in [0, 0.05) is 5.56 Å². The summed E-state index contributed by atoms with van der Waals surface area (Å²) in [4.78, 5) is 11.9. The Balaban J connectivity index is 2.17. The van der Waals surface area contributed by atoms with Crippen LogP contribution in [-0.4, -0.2) is 26.5 Å². The second-order valence-electron chi connectivity index (χ2n) is 3.92. The number of nitrogen functional groups attached to an aromatic ring is 1. The van der Waals surface area contributed by atoms with Gasteiger partial charge in [-0.05, 0) is 19.1 Å². The first-order valence-electron chi connectivity index (χ1n) is 5.52. The predicted octanol–water partition coefficient (Wildman–Crippen LogP) is 0.254. The fourth-order valence-electron chi connectivity index (χ4n) is 1.54. The van der Waals surface area contributed by atoms with E-state index in [1.165, 1.54) is 0 Å². The largest absolute Gasteiger partial charge is 0.342 e. The normalized spacial score (nSPS) is 12.0. The molecule has 5 N–H and O–H groups in total. The summed E-state index contributed by atoms with van der Waals surface area (Å²) in [6.07, 6.45) is 0. The van der Waals surface area contributed by atoms with Crippen molar-refractivity contribution in [1.29, 1.82) is 0 Å². The van der Waals surface area contributed by atoms with Crippen molar-refractivity contribution in [2.24, 2.45) is 5.84 Å². The van der Waals surface area contributed by atoms with Crippen LogP contribution in [0.3, 0.4) is 0 Å². The highest BCUT2D eigenvalue weighted by atomic mass is 19.1. The van der Waals surface area contributed by atoms with Gasteiger partial charge in [-0.25, -0.2) is 8.78 Å². The smallest absolute Gasteiger partial charge is 0.252 e. The summed E-state index contributed by atoms with van der Waals surface area (Å²) in [5.41, 5.74) is 1.19. The Kier molecular flexibility index (Phi) is 3.84. The molecule has 1 amide bonds. The van der Waals surface area contributed by atoms with Gasteiger partial charge in [-0.1, -0.05) is 5.21 Å². The number of hydrogen-bond donors (Lipinski definition) is 4. The number of tetrazole rings is 1. The van der Waals surface area contributed by atoms with Crippen molar-refractivity contribution in [2.75, 3.05) is 5.43 Å². The maximum absolute atomic E-state index is 13.5. The van der Waals surface area contributed by atoms with Gasteiger partial charge in [0.15, 0.2) is 17.5 Å². The predicted molar refractivity (Wildman–Crippen MR) is 64.2 cm³/mol. The first-order valence-corrected chi connectivity index (χ1v) is 5.52. The lowest BCUT2D eigenvalue weighted by Crippen LogP contribution is -2.27. The van der Waals surface area contributed by atoms with E-state index in [-0.39, 0.29) is 11.4 Å². The van der Waals surface area contributed by atoms with Gasteiger partial charge in [-0.3, -0.25) is 10.6 Å². The first kappa shape index (κ1) is 13.8. The average molecular weight is 283 g/mol. The maximum Gasteiger partial charge on any atom is 0.252 e. The zero-order chi connectivity index (χ0) is 14.7. The lowest BCUT2D eigenvalue weighted by Gasteiger charge is -2.11. The van der Waals surface area contributed by atoms with Gasteiger partial charge >= 0.3 is 0 Å². The van der Waals surface area contributed by atoms with Crippen LogP contribution in [0.15, 0.2) is 12.1 Å². The molecule has 1 aromatic heterocycles. The summed E-state index contributed by atoms with van der Waals surface area (Å²) in [7, 11) is 0. The van der Waals surface area contributed by atoms with Crippen molar-refractivity contribution < 1.29 is 13.6 Å². The molecular weight excluding hydrogens is 272 g/mol. The van der Waals surface area contributed by atoms with E-state index in [1.54, 1.807) is 6.92 Å². The van der Waals surface area contributed by atoms with Crippen molar-refractivity contribution in [3.05, 3.63) is 35.2 Å². The summed E-state index contributed by atoms with van der Waals surface area (Å²) in [6.45, 7) is 1.60. The van der Waals surface area contributed by atoms with E-state index in [4.69, 9.17) is 5.84 Å². The van der Waals surface area contributed by atoms with Crippen LogP contribution >= 0.6 is 0 Å². The molecule has 0 saturated heterocycles. The highest BCUT2D eigenvalue weighted by molar-refractivity contribution is 5.94. The number of halogens is 2. The Morgan fingerprint density at radius 3 is 2.55 bits per heavy atom. The second kappa shape index (κ2) is 5.57. The number of nitrogens with one attached hydrogen (secondary N) is 3. The number of anilines is 1. The molecule has 1 atom stereocenters. The number of carbonyl (C=O) groups excluding carboxylic acids is 1. The Bertz CT molecular complexity index is 593. The molecule has 2 aromatic rings. The van der Waals surface area contributed by atoms with Gasteiger partial charge in [0.1, 0.15) is 5.69 Å². The molecule has 0 fully saturated rings. The molecule has 0 aliphatic carbocycles. The molecule has 1 heterocycles. The van der Waals surface area contributed by atoms with Crippen molar-refractivity contribution in [1.82, 2.24) is 25.9 Å². The van der Waals surface area contributed by atoms with E-state index < -0.39 is 29.3 Å². The van der Waals surface area contributed by atoms with Crippen molar-refractivity contribution in [3.8, 4) is 0 Å². The standard InChI is InChI=1S/C10H11F2N7O/c1-4(9-16-18-19-17-9)14-10(20)5-2-6(11)8(15-13)7(12)3-5/h2-4,15H,13H2,1H3,(H,14,20)(H,16,17,18,19). The molecule has 0 aliphatic rings. The number of nitrogens with zero attached hydrogens (tertiary/aromatic N) is 3. The molecule has 2 rings (SSSR count). The molecule has 1 aromatic carbocycles. The van der Waals surface area contributed by atoms with Crippen LogP contribution in [0.2, 0.25) is 0 Å². The van der Waals surface area contributed by atoms with Crippen molar-refractivity contribution in [2.45, 2.75) is 13.0 Å². The van der Waals surface area contributed by atoms with Crippen LogP contribution < -0.4 is 16.6 Å². The minimum atomic E-state index is -0.968. The SMILES string of the molecule is CC(NC(=O)c1cc(F)c(NN)c(F)c1)c1nn[nH]n1. The van der Waals surface area contributed by atoms with E-state index in [0.717, 1.165) is 12.1 Å². The summed E-state index contributed by atoms with van der Waals surface area (Å²) in [5.74, 6) is 2.60. The molecular formula is C10H11F2N7O. The number of carbonyl (C=O) groups is 1. The van der Waals surface area contributed by atoms with Gasteiger partial charge < -0.3 is 10.7 Å². The van der Waals surface area contributed by atoms with E-state index in [1.807, 2.05) is 5.43 Å². The number of nitrogens with two attached hydrogens (primary N) is 1. The molecule has 0 spiro atoms. The monoisotopic (exact) mass is 283 g/mol. The quantitative estimate of drug-likeness (QED) is 0.471. The Morgan fingerprint density at radius 2 is 2.05 bits per heavy atom. The minimum absolute atomic E-state index is 0.186. The minimum Gasteiger partial charge on any atom is -0.342 e. The molecule has 0 radical (unpaired) electrons. The fourth-order valence-corrected chi connectivity index (χ4v) is 1.54.